The van der Waals surface area contributed by atoms with Gasteiger partial charge in [0.05, 0.1) is 0 Å². The van der Waals surface area contributed by atoms with Crippen LogP contribution in [0.4, 0.5) is 18.9 Å². The zero-order chi connectivity index (χ0) is 16.3. The normalized spacial score (nSPS) is 16.4. The summed E-state index contributed by atoms with van der Waals surface area (Å²) in [5, 5.41) is 4.75. The summed E-state index contributed by atoms with van der Waals surface area (Å²) in [6.07, 6.45) is -1.88. The van der Waals surface area contributed by atoms with Crippen molar-refractivity contribution < 1.29 is 17.9 Å². The first-order valence-electron chi connectivity index (χ1n) is 7.57. The van der Waals surface area contributed by atoms with Crippen LogP contribution in [0.25, 0.3) is 10.8 Å². The monoisotopic (exact) mass is 325 g/mol. The number of alkyl halides is 3. The topological polar surface area (TPSA) is 37.4 Å². The molecule has 1 fully saturated rings. The molecule has 0 unspecified atom stereocenters. The van der Waals surface area contributed by atoms with Crippen molar-refractivity contribution in [1.29, 1.82) is 0 Å². The van der Waals surface area contributed by atoms with Gasteiger partial charge >= 0.3 is 6.18 Å². The Balaban J connectivity index is 1.90. The molecule has 1 aliphatic heterocycles. The first-order chi connectivity index (χ1) is 11.0. The number of nitrogens with one attached hydrogen (secondary N) is 1. The van der Waals surface area contributed by atoms with Crippen molar-refractivity contribution in [2.45, 2.75) is 12.6 Å². The molecule has 0 aliphatic carbocycles. The van der Waals surface area contributed by atoms with E-state index in [1.807, 2.05) is 18.2 Å². The number of halogens is 3. The molecule has 0 radical (unpaired) electrons. The van der Waals surface area contributed by atoms with Crippen LogP contribution >= 0.6 is 0 Å². The molecular weight excluding hydrogens is 307 g/mol. The van der Waals surface area contributed by atoms with E-state index in [1.165, 1.54) is 6.20 Å². The molecule has 1 saturated heterocycles. The smallest absolute Gasteiger partial charge is 0.422 e. The summed E-state index contributed by atoms with van der Waals surface area (Å²) in [6.45, 7) is 2.31. The second-order valence-corrected chi connectivity index (χ2v) is 5.52. The Morgan fingerprint density at radius 3 is 2.87 bits per heavy atom. The van der Waals surface area contributed by atoms with E-state index in [0.29, 0.717) is 5.39 Å². The van der Waals surface area contributed by atoms with Crippen molar-refractivity contribution in [2.75, 3.05) is 37.7 Å². The van der Waals surface area contributed by atoms with Gasteiger partial charge in [0.1, 0.15) is 0 Å². The lowest BCUT2D eigenvalue weighted by atomic mass is 10.1. The average molecular weight is 325 g/mol. The maximum Gasteiger partial charge on any atom is 0.422 e. The predicted molar refractivity (Wildman–Crippen MR) is 83.0 cm³/mol. The van der Waals surface area contributed by atoms with E-state index >= 15 is 0 Å². The molecule has 124 valence electrons. The Morgan fingerprint density at radius 2 is 2.04 bits per heavy atom. The fraction of sp³-hybridized carbons (Fsp3) is 0.438. The van der Waals surface area contributed by atoms with Gasteiger partial charge in [0.15, 0.2) is 6.61 Å². The van der Waals surface area contributed by atoms with Gasteiger partial charge in [-0.15, -0.1) is 0 Å². The molecule has 0 saturated carbocycles. The molecule has 2 aromatic rings. The Hall–Kier alpha value is -2.02. The second-order valence-electron chi connectivity index (χ2n) is 5.52. The van der Waals surface area contributed by atoms with Gasteiger partial charge in [-0.3, -0.25) is 0 Å². The Kier molecular flexibility index (Phi) is 4.56. The highest BCUT2D eigenvalue weighted by molar-refractivity contribution is 5.89. The summed E-state index contributed by atoms with van der Waals surface area (Å²) in [5.41, 5.74) is 0.978. The van der Waals surface area contributed by atoms with Crippen molar-refractivity contribution in [2.24, 2.45) is 0 Å². The molecular formula is C16H18F3N3O. The third-order valence-electron chi connectivity index (χ3n) is 3.79. The quantitative estimate of drug-likeness (QED) is 0.941. The summed E-state index contributed by atoms with van der Waals surface area (Å²) in [4.78, 5) is 6.18. The average Bonchev–Trinajstić information content (AvgIpc) is 2.81. The molecule has 1 aromatic carbocycles. The number of aromatic nitrogens is 1. The molecule has 1 aliphatic rings. The van der Waals surface area contributed by atoms with Crippen LogP contribution in [0.15, 0.2) is 30.5 Å². The fourth-order valence-electron chi connectivity index (χ4n) is 2.70. The van der Waals surface area contributed by atoms with Crippen LogP contribution in [0.1, 0.15) is 6.42 Å². The summed E-state index contributed by atoms with van der Waals surface area (Å²) >= 11 is 0. The van der Waals surface area contributed by atoms with Gasteiger partial charge in [-0.05, 0) is 36.6 Å². The number of nitrogens with zero attached hydrogens (tertiary/aromatic N) is 2. The SMILES string of the molecule is FC(F)(F)COc1nccc2ccc(N3CCCNCC3)cc12. The molecule has 0 amide bonds. The highest BCUT2D eigenvalue weighted by Gasteiger charge is 2.29. The first kappa shape index (κ1) is 15.9. The molecule has 0 atom stereocenters. The van der Waals surface area contributed by atoms with Crippen molar-refractivity contribution in [3.05, 3.63) is 30.5 Å². The van der Waals surface area contributed by atoms with Crippen LogP contribution < -0.4 is 15.0 Å². The molecule has 1 N–H and O–H groups in total. The van der Waals surface area contributed by atoms with Crippen LogP contribution in [-0.4, -0.2) is 43.9 Å². The van der Waals surface area contributed by atoms with Crippen LogP contribution in [0.2, 0.25) is 0 Å². The highest BCUT2D eigenvalue weighted by atomic mass is 19.4. The number of fused-ring (bicyclic) bond motifs is 1. The van der Waals surface area contributed by atoms with Crippen LogP contribution in [0, 0.1) is 0 Å². The van der Waals surface area contributed by atoms with Gasteiger partial charge < -0.3 is 15.0 Å². The van der Waals surface area contributed by atoms with Gasteiger partial charge in [0.25, 0.3) is 0 Å². The third kappa shape index (κ3) is 4.04. The molecule has 3 rings (SSSR count). The molecule has 4 nitrogen and oxygen atoms in total. The van der Waals surface area contributed by atoms with E-state index < -0.39 is 12.8 Å². The van der Waals surface area contributed by atoms with E-state index in [4.69, 9.17) is 4.74 Å². The maximum absolute atomic E-state index is 12.4. The van der Waals surface area contributed by atoms with Crippen LogP contribution in [0.3, 0.4) is 0 Å². The largest absolute Gasteiger partial charge is 0.468 e. The fourth-order valence-corrected chi connectivity index (χ4v) is 2.70. The molecule has 0 spiro atoms. The molecule has 23 heavy (non-hydrogen) atoms. The van der Waals surface area contributed by atoms with E-state index in [-0.39, 0.29) is 5.88 Å². The number of anilines is 1. The van der Waals surface area contributed by atoms with E-state index in [9.17, 15) is 13.2 Å². The van der Waals surface area contributed by atoms with Crippen molar-refractivity contribution in [3.63, 3.8) is 0 Å². The Labute approximate surface area is 132 Å². The lowest BCUT2D eigenvalue weighted by molar-refractivity contribution is -0.153. The minimum absolute atomic E-state index is 0.0228. The molecule has 7 heteroatoms. The summed E-state index contributed by atoms with van der Waals surface area (Å²) in [6, 6.07) is 7.51. The Bertz CT molecular complexity index is 667. The van der Waals surface area contributed by atoms with Crippen LogP contribution in [0.5, 0.6) is 5.88 Å². The van der Waals surface area contributed by atoms with E-state index in [1.54, 1.807) is 6.07 Å². The predicted octanol–water partition coefficient (Wildman–Crippen LogP) is 2.98. The number of ether oxygens (including phenoxy) is 1. The van der Waals surface area contributed by atoms with Crippen molar-refractivity contribution >= 4 is 16.5 Å². The highest BCUT2D eigenvalue weighted by Crippen LogP contribution is 2.29. The number of pyridine rings is 1. The summed E-state index contributed by atoms with van der Waals surface area (Å²) in [5.74, 6) is 0.0228. The Morgan fingerprint density at radius 1 is 1.17 bits per heavy atom. The summed E-state index contributed by atoms with van der Waals surface area (Å²) in [7, 11) is 0. The maximum atomic E-state index is 12.4. The number of hydrogen-bond acceptors (Lipinski definition) is 4. The van der Waals surface area contributed by atoms with Gasteiger partial charge in [-0.25, -0.2) is 4.98 Å². The third-order valence-corrected chi connectivity index (χ3v) is 3.79. The standard InChI is InChI=1S/C16H18F3N3O/c17-16(18,19)11-23-15-14-10-13(3-2-12(14)4-6-21-15)22-8-1-5-20-7-9-22/h2-4,6,10,20H,1,5,7-9,11H2. The molecule has 2 heterocycles. The zero-order valence-electron chi connectivity index (χ0n) is 12.6. The molecule has 0 bridgehead atoms. The van der Waals surface area contributed by atoms with Gasteiger partial charge in [-0.2, -0.15) is 13.2 Å². The van der Waals surface area contributed by atoms with E-state index in [0.717, 1.165) is 43.7 Å². The number of benzene rings is 1. The van der Waals surface area contributed by atoms with Gasteiger partial charge in [0, 0.05) is 36.9 Å². The van der Waals surface area contributed by atoms with Gasteiger partial charge in [0.2, 0.25) is 5.88 Å². The minimum Gasteiger partial charge on any atom is -0.468 e. The van der Waals surface area contributed by atoms with Crippen molar-refractivity contribution in [3.8, 4) is 5.88 Å². The minimum atomic E-state index is -4.38. The summed E-state index contributed by atoms with van der Waals surface area (Å²) < 4.78 is 42.0. The van der Waals surface area contributed by atoms with Crippen molar-refractivity contribution in [1.82, 2.24) is 10.3 Å². The second kappa shape index (κ2) is 6.62. The first-order valence-corrected chi connectivity index (χ1v) is 7.57. The van der Waals surface area contributed by atoms with E-state index in [2.05, 4.69) is 15.2 Å². The van der Waals surface area contributed by atoms with Gasteiger partial charge in [-0.1, -0.05) is 6.07 Å². The lowest BCUT2D eigenvalue weighted by Gasteiger charge is -2.23. The lowest BCUT2D eigenvalue weighted by Crippen LogP contribution is -2.27. The molecule has 1 aromatic heterocycles. The van der Waals surface area contributed by atoms with Crippen LogP contribution in [-0.2, 0) is 0 Å². The zero-order valence-corrected chi connectivity index (χ0v) is 12.6. The number of rotatable bonds is 3. The number of hydrogen-bond donors (Lipinski definition) is 1.